The molecule has 1 aromatic carbocycles. The fourth-order valence-electron chi connectivity index (χ4n) is 1.66. The fourth-order valence-corrected chi connectivity index (χ4v) is 1.84. The maximum Gasteiger partial charge on any atom is 0.320 e. The van der Waals surface area contributed by atoms with Crippen LogP contribution in [0.4, 0.5) is 10.5 Å². The van der Waals surface area contributed by atoms with Gasteiger partial charge in [0.15, 0.2) is 0 Å². The van der Waals surface area contributed by atoms with Gasteiger partial charge in [0, 0.05) is 10.7 Å². The van der Waals surface area contributed by atoms with Crippen molar-refractivity contribution < 1.29 is 4.79 Å². The highest BCUT2D eigenvalue weighted by Gasteiger charge is 2.27. The van der Waals surface area contributed by atoms with Crippen molar-refractivity contribution in [1.29, 1.82) is 5.26 Å². The molecule has 0 aliphatic heterocycles. The highest BCUT2D eigenvalue weighted by molar-refractivity contribution is 6.31. The molecule has 2 amide bonds. The minimum atomic E-state index is -0.821. The van der Waals surface area contributed by atoms with E-state index in [4.69, 9.17) is 16.9 Å². The van der Waals surface area contributed by atoms with Crippen LogP contribution in [0.15, 0.2) is 18.2 Å². The third kappa shape index (κ3) is 3.87. The number of carbonyl (C=O) groups is 1. The number of hydrogen-bond donors (Lipinski definition) is 2. The van der Waals surface area contributed by atoms with E-state index < -0.39 is 11.6 Å². The van der Waals surface area contributed by atoms with Crippen LogP contribution in [0.2, 0.25) is 5.02 Å². The SMILES string of the molecule is CCC(C#N)(CC)NC(=O)Nc1ccc(C)c(Cl)c1. The lowest BCUT2D eigenvalue weighted by Crippen LogP contribution is -2.48. The average Bonchev–Trinajstić information content (AvgIpc) is 2.40. The lowest BCUT2D eigenvalue weighted by atomic mass is 9.95. The van der Waals surface area contributed by atoms with Crippen LogP contribution in [0.3, 0.4) is 0 Å². The number of aryl methyl sites for hydroxylation is 1. The normalized spacial score (nSPS) is 10.7. The van der Waals surface area contributed by atoms with Gasteiger partial charge >= 0.3 is 6.03 Å². The summed E-state index contributed by atoms with van der Waals surface area (Å²) in [6, 6.07) is 7.04. The summed E-state index contributed by atoms with van der Waals surface area (Å²) in [4.78, 5) is 11.9. The zero-order chi connectivity index (χ0) is 14.5. The number of nitrogens with zero attached hydrogens (tertiary/aromatic N) is 1. The first kappa shape index (κ1) is 15.3. The van der Waals surface area contributed by atoms with Gasteiger partial charge in [-0.1, -0.05) is 31.5 Å². The summed E-state index contributed by atoms with van der Waals surface area (Å²) < 4.78 is 0. The molecule has 0 atom stereocenters. The second-order valence-electron chi connectivity index (χ2n) is 4.44. The Labute approximate surface area is 118 Å². The number of nitriles is 1. The molecule has 0 radical (unpaired) electrons. The number of amides is 2. The van der Waals surface area contributed by atoms with Crippen LogP contribution in [-0.2, 0) is 0 Å². The first-order chi connectivity index (χ1) is 8.96. The summed E-state index contributed by atoms with van der Waals surface area (Å²) in [5.41, 5.74) is 0.728. The molecule has 19 heavy (non-hydrogen) atoms. The molecule has 4 nitrogen and oxygen atoms in total. The molecule has 102 valence electrons. The number of benzene rings is 1. The molecule has 0 saturated carbocycles. The molecule has 1 rings (SSSR count). The van der Waals surface area contributed by atoms with Crippen molar-refractivity contribution in [3.8, 4) is 6.07 Å². The van der Waals surface area contributed by atoms with Crippen LogP contribution in [0.5, 0.6) is 0 Å². The number of anilines is 1. The highest BCUT2D eigenvalue weighted by Crippen LogP contribution is 2.20. The maximum absolute atomic E-state index is 11.9. The fraction of sp³-hybridized carbons (Fsp3) is 0.429. The second-order valence-corrected chi connectivity index (χ2v) is 4.85. The molecule has 5 heteroatoms. The van der Waals surface area contributed by atoms with Gasteiger partial charge in [-0.3, -0.25) is 0 Å². The van der Waals surface area contributed by atoms with Crippen LogP contribution in [-0.4, -0.2) is 11.6 Å². The molecule has 0 aliphatic rings. The third-order valence-electron chi connectivity index (χ3n) is 3.20. The zero-order valence-electron chi connectivity index (χ0n) is 11.4. The van der Waals surface area contributed by atoms with Crippen molar-refractivity contribution in [3.05, 3.63) is 28.8 Å². The Bertz CT molecular complexity index is 504. The third-order valence-corrected chi connectivity index (χ3v) is 3.61. The van der Waals surface area contributed by atoms with Crippen LogP contribution in [0.25, 0.3) is 0 Å². The predicted molar refractivity (Wildman–Crippen MR) is 77.3 cm³/mol. The highest BCUT2D eigenvalue weighted by atomic mass is 35.5. The minimum Gasteiger partial charge on any atom is -0.319 e. The molecular weight excluding hydrogens is 262 g/mol. The van der Waals surface area contributed by atoms with Gasteiger partial charge in [-0.25, -0.2) is 4.79 Å². The zero-order valence-corrected chi connectivity index (χ0v) is 12.1. The van der Waals surface area contributed by atoms with E-state index in [1.807, 2.05) is 26.8 Å². The summed E-state index contributed by atoms with van der Waals surface area (Å²) in [6.45, 7) is 5.63. The molecule has 1 aromatic rings. The van der Waals surface area contributed by atoms with Crippen LogP contribution < -0.4 is 10.6 Å². The number of urea groups is 1. The van der Waals surface area contributed by atoms with Crippen molar-refractivity contribution in [3.63, 3.8) is 0 Å². The van der Waals surface area contributed by atoms with E-state index in [1.54, 1.807) is 12.1 Å². The van der Waals surface area contributed by atoms with Gasteiger partial charge < -0.3 is 10.6 Å². The molecule has 0 heterocycles. The number of hydrogen-bond acceptors (Lipinski definition) is 2. The van der Waals surface area contributed by atoms with Crippen molar-refractivity contribution in [1.82, 2.24) is 5.32 Å². The predicted octanol–water partition coefficient (Wildman–Crippen LogP) is 3.85. The lowest BCUT2D eigenvalue weighted by Gasteiger charge is -2.25. The van der Waals surface area contributed by atoms with E-state index in [0.717, 1.165) is 5.56 Å². The number of halogens is 1. The molecule has 0 spiro atoms. The smallest absolute Gasteiger partial charge is 0.319 e. The van der Waals surface area contributed by atoms with Gasteiger partial charge in [0.25, 0.3) is 0 Å². The molecule has 0 fully saturated rings. The van der Waals surface area contributed by atoms with Gasteiger partial charge in [-0.05, 0) is 37.5 Å². The summed E-state index contributed by atoms with van der Waals surface area (Å²) in [5, 5.41) is 15.1. The minimum absolute atomic E-state index is 0.398. The van der Waals surface area contributed by atoms with Gasteiger partial charge in [-0.15, -0.1) is 0 Å². The monoisotopic (exact) mass is 279 g/mol. The van der Waals surface area contributed by atoms with Crippen LogP contribution in [0, 0.1) is 18.3 Å². The number of nitrogens with one attached hydrogen (secondary N) is 2. The van der Waals surface area contributed by atoms with E-state index in [9.17, 15) is 4.79 Å². The largest absolute Gasteiger partial charge is 0.320 e. The van der Waals surface area contributed by atoms with Gasteiger partial charge in [0.1, 0.15) is 5.54 Å². The van der Waals surface area contributed by atoms with Crippen LogP contribution in [0.1, 0.15) is 32.3 Å². The molecule has 0 unspecified atom stereocenters. The van der Waals surface area contributed by atoms with E-state index in [1.165, 1.54) is 0 Å². The number of rotatable bonds is 4. The van der Waals surface area contributed by atoms with Crippen molar-refractivity contribution in [2.45, 2.75) is 39.2 Å². The molecule has 0 aromatic heterocycles. The summed E-state index contributed by atoms with van der Waals surface area (Å²) in [5.74, 6) is 0. The Morgan fingerprint density at radius 3 is 2.53 bits per heavy atom. The Kier molecular flexibility index (Phi) is 5.20. The van der Waals surface area contributed by atoms with Crippen molar-refractivity contribution in [2.24, 2.45) is 0 Å². The van der Waals surface area contributed by atoms with Crippen molar-refractivity contribution in [2.75, 3.05) is 5.32 Å². The standard InChI is InChI=1S/C14H18ClN3O/c1-4-14(5-2,9-16)18-13(19)17-11-7-6-10(3)12(15)8-11/h6-8H,4-5H2,1-3H3,(H2,17,18,19). The average molecular weight is 280 g/mol. The number of carbonyl (C=O) groups excluding carboxylic acids is 1. The summed E-state index contributed by atoms with van der Waals surface area (Å²) in [6.07, 6.45) is 1.12. The van der Waals surface area contributed by atoms with E-state index >= 15 is 0 Å². The molecular formula is C14H18ClN3O. The Morgan fingerprint density at radius 1 is 1.42 bits per heavy atom. The van der Waals surface area contributed by atoms with Gasteiger partial charge in [-0.2, -0.15) is 5.26 Å². The topological polar surface area (TPSA) is 64.9 Å². The molecule has 0 saturated heterocycles. The Morgan fingerprint density at radius 2 is 2.05 bits per heavy atom. The lowest BCUT2D eigenvalue weighted by molar-refractivity contribution is 0.242. The van der Waals surface area contributed by atoms with Crippen molar-refractivity contribution >= 4 is 23.3 Å². The van der Waals surface area contributed by atoms with Crippen LogP contribution >= 0.6 is 11.6 Å². The first-order valence-electron chi connectivity index (χ1n) is 6.23. The molecule has 0 aliphatic carbocycles. The van der Waals surface area contributed by atoms with E-state index in [0.29, 0.717) is 23.6 Å². The van der Waals surface area contributed by atoms with Gasteiger partial charge in [0.2, 0.25) is 0 Å². The quantitative estimate of drug-likeness (QED) is 0.879. The maximum atomic E-state index is 11.9. The summed E-state index contributed by atoms with van der Waals surface area (Å²) >= 11 is 5.99. The van der Waals surface area contributed by atoms with E-state index in [2.05, 4.69) is 16.7 Å². The molecule has 2 N–H and O–H groups in total. The van der Waals surface area contributed by atoms with Gasteiger partial charge in [0.05, 0.1) is 6.07 Å². The second kappa shape index (κ2) is 6.44. The van der Waals surface area contributed by atoms with E-state index in [-0.39, 0.29) is 0 Å². The summed E-state index contributed by atoms with van der Waals surface area (Å²) in [7, 11) is 0. The first-order valence-corrected chi connectivity index (χ1v) is 6.60. The Hall–Kier alpha value is -1.73. The molecule has 0 bridgehead atoms. The Balaban J connectivity index is 2.75.